The van der Waals surface area contributed by atoms with Crippen LogP contribution in [0.3, 0.4) is 0 Å². The van der Waals surface area contributed by atoms with E-state index in [1.165, 1.54) is 10.9 Å². The Morgan fingerprint density at radius 2 is 2.43 bits per heavy atom. The summed E-state index contributed by atoms with van der Waals surface area (Å²) < 4.78 is 1.52. The molecule has 3 N–H and O–H groups in total. The Balaban J connectivity index is 2.34. The highest BCUT2D eigenvalue weighted by Gasteiger charge is 2.03. The van der Waals surface area contributed by atoms with Crippen molar-refractivity contribution in [3.63, 3.8) is 0 Å². The molecule has 5 heteroatoms. The number of nitrogens with two attached hydrogens (primary N) is 1. The van der Waals surface area contributed by atoms with Gasteiger partial charge in [0.2, 0.25) is 5.91 Å². The van der Waals surface area contributed by atoms with E-state index in [-0.39, 0.29) is 12.5 Å². The number of hydrogen-bond donors (Lipinski definition) is 2. The second kappa shape index (κ2) is 4.64. The predicted molar refractivity (Wildman–Crippen MR) is 54.5 cm³/mol. The summed E-state index contributed by atoms with van der Waals surface area (Å²) in [5, 5.41) is 6.71. The number of carbonyl (C=O) groups excluding carboxylic acids is 1. The molecule has 0 aliphatic carbocycles. The first-order chi connectivity index (χ1) is 6.58. The molecule has 0 saturated carbocycles. The minimum Gasteiger partial charge on any atom is -0.396 e. The molecule has 0 spiro atoms. The van der Waals surface area contributed by atoms with E-state index in [4.69, 9.17) is 5.73 Å². The van der Waals surface area contributed by atoms with Crippen LogP contribution >= 0.6 is 0 Å². The third-order valence-electron chi connectivity index (χ3n) is 1.67. The molecule has 0 radical (unpaired) electrons. The SMILES string of the molecule is CC(C)CNC(=O)Cn1cc(N)cn1. The van der Waals surface area contributed by atoms with Crippen molar-refractivity contribution in [3.05, 3.63) is 12.4 Å². The maximum atomic E-state index is 11.3. The van der Waals surface area contributed by atoms with Crippen molar-refractivity contribution in [2.45, 2.75) is 20.4 Å². The highest BCUT2D eigenvalue weighted by Crippen LogP contribution is 1.97. The summed E-state index contributed by atoms with van der Waals surface area (Å²) in [6, 6.07) is 0. The summed E-state index contributed by atoms with van der Waals surface area (Å²) in [5.41, 5.74) is 6.03. The molecule has 0 aliphatic heterocycles. The lowest BCUT2D eigenvalue weighted by Crippen LogP contribution is -2.30. The van der Waals surface area contributed by atoms with Gasteiger partial charge >= 0.3 is 0 Å². The van der Waals surface area contributed by atoms with Crippen LogP contribution in [0.2, 0.25) is 0 Å². The van der Waals surface area contributed by atoms with Crippen LogP contribution in [0.1, 0.15) is 13.8 Å². The monoisotopic (exact) mass is 196 g/mol. The number of aromatic nitrogens is 2. The van der Waals surface area contributed by atoms with Crippen molar-refractivity contribution in [2.75, 3.05) is 12.3 Å². The van der Waals surface area contributed by atoms with Crippen molar-refractivity contribution in [3.8, 4) is 0 Å². The molecule has 1 aromatic heterocycles. The summed E-state index contributed by atoms with van der Waals surface area (Å²) in [4.78, 5) is 11.3. The van der Waals surface area contributed by atoms with Gasteiger partial charge in [0.1, 0.15) is 6.54 Å². The Labute approximate surface area is 83.3 Å². The van der Waals surface area contributed by atoms with Crippen LogP contribution in [-0.4, -0.2) is 22.2 Å². The fourth-order valence-corrected chi connectivity index (χ4v) is 0.987. The molecule has 0 bridgehead atoms. The van der Waals surface area contributed by atoms with Crippen LogP contribution in [-0.2, 0) is 11.3 Å². The lowest BCUT2D eigenvalue weighted by atomic mass is 10.2. The fraction of sp³-hybridized carbons (Fsp3) is 0.556. The Morgan fingerprint density at radius 1 is 1.71 bits per heavy atom. The average Bonchev–Trinajstić information content (AvgIpc) is 2.48. The summed E-state index contributed by atoms with van der Waals surface area (Å²) in [6.07, 6.45) is 3.16. The van der Waals surface area contributed by atoms with E-state index < -0.39 is 0 Å². The largest absolute Gasteiger partial charge is 0.396 e. The lowest BCUT2D eigenvalue weighted by Gasteiger charge is -2.07. The standard InChI is InChI=1S/C9H16N4O/c1-7(2)3-11-9(14)6-13-5-8(10)4-12-13/h4-5,7H,3,6,10H2,1-2H3,(H,11,14). The fourth-order valence-electron chi connectivity index (χ4n) is 0.987. The number of rotatable bonds is 4. The zero-order valence-electron chi connectivity index (χ0n) is 8.53. The smallest absolute Gasteiger partial charge is 0.241 e. The van der Waals surface area contributed by atoms with Gasteiger partial charge in [0, 0.05) is 12.7 Å². The third kappa shape index (κ3) is 3.47. The Bertz CT molecular complexity index is 306. The maximum Gasteiger partial charge on any atom is 0.241 e. The van der Waals surface area contributed by atoms with Crippen LogP contribution in [0.25, 0.3) is 0 Å². The van der Waals surface area contributed by atoms with Crippen LogP contribution < -0.4 is 11.1 Å². The van der Waals surface area contributed by atoms with Gasteiger partial charge in [-0.3, -0.25) is 9.48 Å². The van der Waals surface area contributed by atoms with Crippen molar-refractivity contribution in [2.24, 2.45) is 5.92 Å². The Kier molecular flexibility index (Phi) is 3.50. The predicted octanol–water partition coefficient (Wildman–Crippen LogP) is 0.237. The summed E-state index contributed by atoms with van der Waals surface area (Å²) in [5.74, 6) is 0.420. The van der Waals surface area contributed by atoms with E-state index in [9.17, 15) is 4.79 Å². The molecule has 0 saturated heterocycles. The van der Waals surface area contributed by atoms with Crippen LogP contribution in [0, 0.1) is 5.92 Å². The molecular formula is C9H16N4O. The second-order valence-electron chi connectivity index (χ2n) is 3.67. The van der Waals surface area contributed by atoms with E-state index >= 15 is 0 Å². The number of anilines is 1. The zero-order chi connectivity index (χ0) is 10.6. The van der Waals surface area contributed by atoms with Crippen LogP contribution in [0.15, 0.2) is 12.4 Å². The average molecular weight is 196 g/mol. The highest BCUT2D eigenvalue weighted by molar-refractivity contribution is 5.75. The maximum absolute atomic E-state index is 11.3. The van der Waals surface area contributed by atoms with Gasteiger partial charge in [-0.1, -0.05) is 13.8 Å². The van der Waals surface area contributed by atoms with Crippen molar-refractivity contribution >= 4 is 11.6 Å². The summed E-state index contributed by atoms with van der Waals surface area (Å²) in [6.45, 7) is 5.01. The Morgan fingerprint density at radius 3 is 2.93 bits per heavy atom. The molecule has 1 heterocycles. The molecule has 1 amide bonds. The molecule has 1 aromatic rings. The van der Waals surface area contributed by atoms with Gasteiger partial charge in [-0.2, -0.15) is 5.10 Å². The molecule has 14 heavy (non-hydrogen) atoms. The van der Waals surface area contributed by atoms with E-state index in [1.807, 2.05) is 13.8 Å². The molecule has 1 rings (SSSR count). The van der Waals surface area contributed by atoms with E-state index in [0.29, 0.717) is 18.2 Å². The third-order valence-corrected chi connectivity index (χ3v) is 1.67. The normalized spacial score (nSPS) is 10.5. The van der Waals surface area contributed by atoms with Gasteiger partial charge in [-0.15, -0.1) is 0 Å². The minimum atomic E-state index is -0.0400. The first-order valence-corrected chi connectivity index (χ1v) is 4.62. The minimum absolute atomic E-state index is 0.0400. The number of nitrogens with one attached hydrogen (secondary N) is 1. The van der Waals surface area contributed by atoms with Gasteiger partial charge in [0.25, 0.3) is 0 Å². The molecule has 0 fully saturated rings. The molecule has 0 unspecified atom stereocenters. The molecule has 0 aromatic carbocycles. The highest BCUT2D eigenvalue weighted by atomic mass is 16.2. The van der Waals surface area contributed by atoms with Crippen molar-refractivity contribution in [1.82, 2.24) is 15.1 Å². The van der Waals surface area contributed by atoms with Gasteiger partial charge < -0.3 is 11.1 Å². The Hall–Kier alpha value is -1.52. The number of hydrogen-bond acceptors (Lipinski definition) is 3. The number of nitrogens with zero attached hydrogens (tertiary/aromatic N) is 2. The quantitative estimate of drug-likeness (QED) is 0.724. The van der Waals surface area contributed by atoms with Gasteiger partial charge in [-0.05, 0) is 5.92 Å². The van der Waals surface area contributed by atoms with E-state index in [1.54, 1.807) is 6.20 Å². The number of amides is 1. The first kappa shape index (κ1) is 10.6. The summed E-state index contributed by atoms with van der Waals surface area (Å²) in [7, 11) is 0. The molecule has 78 valence electrons. The van der Waals surface area contributed by atoms with Crippen LogP contribution in [0.5, 0.6) is 0 Å². The van der Waals surface area contributed by atoms with E-state index in [0.717, 1.165) is 0 Å². The van der Waals surface area contributed by atoms with Gasteiger partial charge in [0.15, 0.2) is 0 Å². The van der Waals surface area contributed by atoms with Gasteiger partial charge in [0.05, 0.1) is 11.9 Å². The number of carbonyl (C=O) groups is 1. The second-order valence-corrected chi connectivity index (χ2v) is 3.67. The molecule has 0 atom stereocenters. The van der Waals surface area contributed by atoms with E-state index in [2.05, 4.69) is 10.4 Å². The first-order valence-electron chi connectivity index (χ1n) is 4.62. The van der Waals surface area contributed by atoms with Gasteiger partial charge in [-0.25, -0.2) is 0 Å². The topological polar surface area (TPSA) is 72.9 Å². The molecule has 5 nitrogen and oxygen atoms in total. The van der Waals surface area contributed by atoms with Crippen molar-refractivity contribution < 1.29 is 4.79 Å². The van der Waals surface area contributed by atoms with Crippen molar-refractivity contribution in [1.29, 1.82) is 0 Å². The lowest BCUT2D eigenvalue weighted by molar-refractivity contribution is -0.122. The zero-order valence-corrected chi connectivity index (χ0v) is 8.53. The molecule has 0 aliphatic rings. The summed E-state index contributed by atoms with van der Waals surface area (Å²) >= 11 is 0. The van der Waals surface area contributed by atoms with Crippen LogP contribution in [0.4, 0.5) is 5.69 Å². The molecular weight excluding hydrogens is 180 g/mol. The number of nitrogen functional groups attached to an aromatic ring is 1.